The highest BCUT2D eigenvalue weighted by atomic mass is 19.1. The Balaban J connectivity index is 1.36. The maximum absolute atomic E-state index is 14.4. The molecule has 1 amide bonds. The fourth-order valence-corrected chi connectivity index (χ4v) is 7.67. The van der Waals surface area contributed by atoms with Crippen molar-refractivity contribution in [2.24, 2.45) is 5.92 Å². The van der Waals surface area contributed by atoms with Gasteiger partial charge >= 0.3 is 0 Å². The molecule has 3 aliphatic heterocycles. The molecule has 244 valence electrons. The number of aryl methyl sites for hydroxylation is 1. The van der Waals surface area contributed by atoms with Gasteiger partial charge in [-0.25, -0.2) is 4.39 Å². The van der Waals surface area contributed by atoms with Crippen molar-refractivity contribution in [2.45, 2.75) is 104 Å². The van der Waals surface area contributed by atoms with E-state index in [1.807, 2.05) is 30.0 Å². The van der Waals surface area contributed by atoms with E-state index < -0.39 is 6.23 Å². The summed E-state index contributed by atoms with van der Waals surface area (Å²) in [5.41, 5.74) is 4.95. The molecule has 3 heterocycles. The fraction of sp³-hybridized carbons (Fsp3) is 0.553. The first-order chi connectivity index (χ1) is 21.8. The molecule has 0 aliphatic carbocycles. The maximum atomic E-state index is 14.4. The van der Waals surface area contributed by atoms with E-state index in [2.05, 4.69) is 47.9 Å². The number of nitrogens with zero attached hydrogens (tertiary/aromatic N) is 3. The second kappa shape index (κ2) is 15.4. The summed E-state index contributed by atoms with van der Waals surface area (Å²) in [6.07, 6.45) is 12.1. The van der Waals surface area contributed by atoms with E-state index in [-0.39, 0.29) is 23.8 Å². The Morgan fingerprint density at radius 1 is 1.18 bits per heavy atom. The molecule has 2 aromatic carbocycles. The highest BCUT2D eigenvalue weighted by Crippen LogP contribution is 2.35. The van der Waals surface area contributed by atoms with Crippen LogP contribution < -0.4 is 9.80 Å². The molecule has 2 fully saturated rings. The average Bonchev–Trinajstić information content (AvgIpc) is 3.73. The molecule has 1 N–H and O–H groups in total. The van der Waals surface area contributed by atoms with Crippen LogP contribution in [0.2, 0.25) is 0 Å². The summed E-state index contributed by atoms with van der Waals surface area (Å²) in [4.78, 5) is 20.9. The molecule has 0 radical (unpaired) electrons. The molecule has 2 aromatic rings. The van der Waals surface area contributed by atoms with Gasteiger partial charge in [-0.2, -0.15) is 0 Å². The number of anilines is 2. The second-order valence-corrected chi connectivity index (χ2v) is 13.1. The minimum Gasteiger partial charge on any atom is -0.493 e. The van der Waals surface area contributed by atoms with Crippen LogP contribution in [-0.2, 0) is 16.0 Å². The van der Waals surface area contributed by atoms with Gasteiger partial charge in [0.25, 0.3) is 0 Å². The molecule has 45 heavy (non-hydrogen) atoms. The van der Waals surface area contributed by atoms with Gasteiger partial charge in [0.1, 0.15) is 17.8 Å². The topological polar surface area (TPSA) is 56.3 Å². The Hall–Kier alpha value is -3.16. The number of ether oxygens (including phenoxy) is 1. The van der Waals surface area contributed by atoms with Crippen LogP contribution in [0.25, 0.3) is 0 Å². The molecule has 0 saturated carbocycles. The van der Waals surface area contributed by atoms with Crippen molar-refractivity contribution >= 4 is 17.3 Å². The van der Waals surface area contributed by atoms with Crippen LogP contribution in [0.4, 0.5) is 15.8 Å². The van der Waals surface area contributed by atoms with Crippen molar-refractivity contribution in [3.8, 4) is 0 Å². The number of carbonyl (C=O) groups excluding carboxylic acids is 1. The van der Waals surface area contributed by atoms with Gasteiger partial charge in [0.05, 0.1) is 13.2 Å². The molecule has 3 atom stereocenters. The minimum absolute atomic E-state index is 0.0804. The van der Waals surface area contributed by atoms with Gasteiger partial charge in [0.15, 0.2) is 0 Å². The van der Waals surface area contributed by atoms with Crippen LogP contribution >= 0.6 is 0 Å². The Labute approximate surface area is 269 Å². The predicted octanol–water partition coefficient (Wildman–Crippen LogP) is 7.54. The van der Waals surface area contributed by atoms with Gasteiger partial charge in [-0.1, -0.05) is 51.0 Å². The van der Waals surface area contributed by atoms with Gasteiger partial charge in [0.2, 0.25) is 5.91 Å². The van der Waals surface area contributed by atoms with Crippen molar-refractivity contribution < 1.29 is 19.0 Å². The first-order valence-electron chi connectivity index (χ1n) is 17.2. The van der Waals surface area contributed by atoms with Crippen molar-refractivity contribution in [1.29, 1.82) is 0 Å². The third-order valence-electron chi connectivity index (χ3n) is 9.92. The van der Waals surface area contributed by atoms with E-state index >= 15 is 0 Å². The molecule has 5 rings (SSSR count). The second-order valence-electron chi connectivity index (χ2n) is 13.1. The van der Waals surface area contributed by atoms with E-state index in [4.69, 9.17) is 4.74 Å². The highest BCUT2D eigenvalue weighted by Gasteiger charge is 2.36. The average molecular weight is 618 g/mol. The minimum atomic E-state index is -0.512. The number of fused-ring (bicyclic) bond motifs is 1. The number of hydrogen-bond acceptors (Lipinski definition) is 5. The van der Waals surface area contributed by atoms with Crippen molar-refractivity contribution in [2.75, 3.05) is 36.0 Å². The Morgan fingerprint density at radius 3 is 2.69 bits per heavy atom. The normalized spacial score (nSPS) is 23.4. The number of aliphatic hydroxyl groups excluding tert-OH is 1. The first-order valence-corrected chi connectivity index (χ1v) is 17.2. The summed E-state index contributed by atoms with van der Waals surface area (Å²) >= 11 is 0. The number of allylic oxidation sites excluding steroid dienone is 3. The summed E-state index contributed by atoms with van der Waals surface area (Å²) in [6.45, 7) is 10.8. The number of aliphatic hydroxyl groups is 1. The largest absolute Gasteiger partial charge is 0.493 e. The highest BCUT2D eigenvalue weighted by molar-refractivity contribution is 5.95. The monoisotopic (exact) mass is 617 g/mol. The lowest BCUT2D eigenvalue weighted by molar-refractivity contribution is -0.120. The van der Waals surface area contributed by atoms with Crippen LogP contribution in [0, 0.1) is 18.7 Å². The number of benzene rings is 2. The van der Waals surface area contributed by atoms with Gasteiger partial charge in [-0.15, -0.1) is 0 Å². The lowest BCUT2D eigenvalue weighted by Crippen LogP contribution is -2.47. The van der Waals surface area contributed by atoms with E-state index in [0.29, 0.717) is 24.4 Å². The molecule has 0 bridgehead atoms. The zero-order valence-electron chi connectivity index (χ0n) is 27.7. The summed E-state index contributed by atoms with van der Waals surface area (Å²) in [7, 11) is 0. The lowest BCUT2D eigenvalue weighted by atomic mass is 9.98. The van der Waals surface area contributed by atoms with Gasteiger partial charge in [0, 0.05) is 49.4 Å². The molecule has 0 spiro atoms. The number of amides is 1. The number of halogens is 1. The number of carbonyl (C=O) groups is 1. The van der Waals surface area contributed by atoms with E-state index in [1.54, 1.807) is 13.0 Å². The van der Waals surface area contributed by atoms with Crippen LogP contribution in [-0.4, -0.2) is 60.5 Å². The van der Waals surface area contributed by atoms with Crippen molar-refractivity contribution in [1.82, 2.24) is 4.90 Å². The van der Waals surface area contributed by atoms with Crippen LogP contribution in [0.5, 0.6) is 0 Å². The number of hydrogen-bond donors (Lipinski definition) is 1. The maximum Gasteiger partial charge on any atom is 0.241 e. The van der Waals surface area contributed by atoms with E-state index in [9.17, 15) is 14.3 Å². The molecule has 6 nitrogen and oxygen atoms in total. The zero-order valence-corrected chi connectivity index (χ0v) is 27.7. The van der Waals surface area contributed by atoms with Gasteiger partial charge < -0.3 is 19.6 Å². The van der Waals surface area contributed by atoms with E-state index in [0.717, 1.165) is 88.2 Å². The number of rotatable bonds is 13. The predicted molar refractivity (Wildman–Crippen MR) is 181 cm³/mol. The van der Waals surface area contributed by atoms with Crippen LogP contribution in [0.3, 0.4) is 0 Å². The summed E-state index contributed by atoms with van der Waals surface area (Å²) in [5, 5.41) is 10.9. The molecule has 2 unspecified atom stereocenters. The number of para-hydroxylation sites is 1. The molecular formula is C38H52FN3O3. The Bertz CT molecular complexity index is 1370. The summed E-state index contributed by atoms with van der Waals surface area (Å²) < 4.78 is 20.1. The standard InChI is InChI=1S/C38H52FN3O3/c1-5-10-31(11-6-2)42(33-16-17-34(39)27(4)22-33)38(44)26-40-25-28(14-15-29-19-21-45-36(29)7-3)23-32(40)18-20-41-35-13-9-8-12-30(35)24-37(41)43/h7-9,12-13,15-17,22,28,31-32,37,43H,5-6,10-11,14,18-21,23-26H2,1-4H3/b29-15-,36-7+/t28?,32-,37?/m0/s1. The summed E-state index contributed by atoms with van der Waals surface area (Å²) in [5.74, 6) is 1.28. The molecule has 2 saturated heterocycles. The Morgan fingerprint density at radius 2 is 1.96 bits per heavy atom. The Kier molecular flexibility index (Phi) is 11.4. The third kappa shape index (κ3) is 7.81. The molecule has 0 aromatic heterocycles. The zero-order chi connectivity index (χ0) is 31.9. The molecule has 3 aliphatic rings. The molecule has 7 heteroatoms. The van der Waals surface area contributed by atoms with Gasteiger partial charge in [-0.3, -0.25) is 9.69 Å². The van der Waals surface area contributed by atoms with Crippen molar-refractivity contribution in [3.63, 3.8) is 0 Å². The fourth-order valence-electron chi connectivity index (χ4n) is 7.67. The van der Waals surface area contributed by atoms with E-state index in [1.165, 1.54) is 17.2 Å². The lowest BCUT2D eigenvalue weighted by Gasteiger charge is -2.35. The smallest absolute Gasteiger partial charge is 0.241 e. The van der Waals surface area contributed by atoms with Crippen LogP contribution in [0.15, 0.2) is 65.9 Å². The summed E-state index contributed by atoms with van der Waals surface area (Å²) in [6, 6.07) is 13.7. The third-order valence-corrected chi connectivity index (χ3v) is 9.92. The first kappa shape index (κ1) is 33.2. The molecular weight excluding hydrogens is 565 g/mol. The van der Waals surface area contributed by atoms with Crippen molar-refractivity contribution in [3.05, 3.63) is 82.9 Å². The number of likely N-dealkylation sites (tertiary alicyclic amines) is 1. The van der Waals surface area contributed by atoms with Crippen LogP contribution in [0.1, 0.15) is 83.3 Å². The van der Waals surface area contributed by atoms with Gasteiger partial charge in [-0.05, 0) is 98.9 Å². The quantitative estimate of drug-likeness (QED) is 0.252. The SMILES string of the molecule is C/C=C1/OCC/C1=C/CC1C[C@H](CCN2c3ccccc3CC2O)N(CC(=O)N(c2ccc(F)c(C)c2)C(CCC)CCC)C1.